The van der Waals surface area contributed by atoms with Gasteiger partial charge in [-0.25, -0.2) is 5.90 Å². The van der Waals surface area contributed by atoms with Gasteiger partial charge in [-0.15, -0.1) is 0 Å². The van der Waals surface area contributed by atoms with Crippen molar-refractivity contribution in [3.8, 4) is 0 Å². The van der Waals surface area contributed by atoms with E-state index < -0.39 is 5.60 Å². The highest BCUT2D eigenvalue weighted by molar-refractivity contribution is 5.71. The van der Waals surface area contributed by atoms with Gasteiger partial charge in [0.05, 0.1) is 0 Å². The van der Waals surface area contributed by atoms with Crippen LogP contribution < -0.4 is 11.6 Å². The lowest BCUT2D eigenvalue weighted by Gasteiger charge is -2.38. The minimum atomic E-state index is -1.10. The Labute approximate surface area is 238 Å². The van der Waals surface area contributed by atoms with Gasteiger partial charge >= 0.3 is 0 Å². The van der Waals surface area contributed by atoms with Crippen LogP contribution in [-0.4, -0.2) is 0 Å². The first-order valence-electron chi connectivity index (χ1n) is 14.2. The van der Waals surface area contributed by atoms with E-state index in [1.807, 2.05) is 36.4 Å². The molecule has 0 atom stereocenters. The third-order valence-corrected chi connectivity index (χ3v) is 8.03. The van der Waals surface area contributed by atoms with Crippen molar-refractivity contribution in [1.82, 2.24) is 0 Å². The average Bonchev–Trinajstić information content (AvgIpc) is 3.02. The Morgan fingerprint density at radius 2 is 0.925 bits per heavy atom. The van der Waals surface area contributed by atoms with Crippen LogP contribution in [-0.2, 0) is 36.1 Å². The van der Waals surface area contributed by atoms with Gasteiger partial charge in [-0.1, -0.05) is 135 Å². The third kappa shape index (κ3) is 5.06. The summed E-state index contributed by atoms with van der Waals surface area (Å²) in [6.45, 7) is 4.42. The second-order valence-corrected chi connectivity index (χ2v) is 10.3. The van der Waals surface area contributed by atoms with Crippen molar-refractivity contribution in [3.05, 3.63) is 171 Å². The molecule has 0 spiro atoms. The molecule has 0 amide bonds. The van der Waals surface area contributed by atoms with Gasteiger partial charge in [-0.3, -0.25) is 4.84 Å². The van der Waals surface area contributed by atoms with Crippen molar-refractivity contribution < 1.29 is 4.84 Å². The molecule has 4 N–H and O–H groups in total. The fourth-order valence-electron chi connectivity index (χ4n) is 6.23. The number of hydrogen-bond donors (Lipinski definition) is 2. The zero-order valence-electron chi connectivity index (χ0n) is 23.4. The van der Waals surface area contributed by atoms with Crippen LogP contribution in [0.2, 0.25) is 0 Å². The van der Waals surface area contributed by atoms with Crippen molar-refractivity contribution in [2.24, 2.45) is 5.90 Å². The smallest absolute Gasteiger partial charge is 0.167 e. The molecule has 3 heteroatoms. The molecule has 5 aromatic carbocycles. The van der Waals surface area contributed by atoms with E-state index >= 15 is 0 Å². The van der Waals surface area contributed by atoms with E-state index in [-0.39, 0.29) is 0 Å². The first kappa shape index (κ1) is 27.4. The van der Waals surface area contributed by atoms with E-state index in [2.05, 4.69) is 98.8 Å². The van der Waals surface area contributed by atoms with E-state index in [0.29, 0.717) is 6.42 Å². The van der Waals surface area contributed by atoms with Crippen molar-refractivity contribution in [3.63, 3.8) is 0 Å². The Morgan fingerprint density at radius 1 is 0.525 bits per heavy atom. The first-order chi connectivity index (χ1) is 19.6. The highest BCUT2D eigenvalue weighted by Gasteiger charge is 2.42. The normalized spacial score (nSPS) is 11.5. The summed E-state index contributed by atoms with van der Waals surface area (Å²) in [4.78, 5) is 6.25. The van der Waals surface area contributed by atoms with Crippen LogP contribution in [0.4, 0.5) is 5.69 Å². The molecule has 0 aliphatic heterocycles. The summed E-state index contributed by atoms with van der Waals surface area (Å²) < 4.78 is 0. The van der Waals surface area contributed by atoms with Crippen molar-refractivity contribution in [2.45, 2.75) is 45.1 Å². The van der Waals surface area contributed by atoms with Crippen LogP contribution in [0.3, 0.4) is 0 Å². The number of nitrogen functional groups attached to an aromatic ring is 1. The largest absolute Gasteiger partial charge is 0.398 e. The number of rotatable bonds is 10. The van der Waals surface area contributed by atoms with E-state index in [4.69, 9.17) is 16.5 Å². The highest BCUT2D eigenvalue weighted by Crippen LogP contribution is 2.47. The van der Waals surface area contributed by atoms with Crippen LogP contribution in [0.25, 0.3) is 0 Å². The maximum Gasteiger partial charge on any atom is 0.167 e. The van der Waals surface area contributed by atoms with Gasteiger partial charge in [0.2, 0.25) is 0 Å². The molecule has 0 aliphatic carbocycles. The van der Waals surface area contributed by atoms with Gasteiger partial charge in [-0.05, 0) is 70.2 Å². The summed E-state index contributed by atoms with van der Waals surface area (Å²) in [5.74, 6) is 6.44. The van der Waals surface area contributed by atoms with E-state index in [1.165, 1.54) is 33.4 Å². The van der Waals surface area contributed by atoms with Gasteiger partial charge in [0.15, 0.2) is 5.60 Å². The van der Waals surface area contributed by atoms with Gasteiger partial charge in [0, 0.05) is 11.3 Å². The summed E-state index contributed by atoms with van der Waals surface area (Å²) in [5, 5.41) is 0. The van der Waals surface area contributed by atoms with Crippen LogP contribution in [0.15, 0.2) is 121 Å². The first-order valence-corrected chi connectivity index (χ1v) is 14.2. The molecule has 5 aromatic rings. The van der Waals surface area contributed by atoms with E-state index in [0.717, 1.165) is 41.6 Å². The summed E-state index contributed by atoms with van der Waals surface area (Å²) >= 11 is 0. The highest BCUT2D eigenvalue weighted by atomic mass is 16.6. The molecule has 5 rings (SSSR count). The predicted octanol–water partition coefficient (Wildman–Crippen LogP) is 7.76. The lowest BCUT2D eigenvalue weighted by Crippen LogP contribution is -2.38. The Hall–Kier alpha value is -4.18. The summed E-state index contributed by atoms with van der Waals surface area (Å²) in [6.07, 6.45) is 3.23. The fraction of sp³-hybridized carbons (Fsp3) is 0.189. The average molecular weight is 527 g/mol. The lowest BCUT2D eigenvalue weighted by atomic mass is 9.72. The SMILES string of the molecule is CCc1c(N)c(C(ON)(c2ccccc2)c2ccccc2)c(Cc2ccccc2)c(Cc2ccccc2)c1CC. The second kappa shape index (κ2) is 12.3. The molecule has 0 fully saturated rings. The maximum absolute atomic E-state index is 7.29. The molecular weight excluding hydrogens is 488 g/mol. The Balaban J connectivity index is 1.94. The molecule has 0 radical (unpaired) electrons. The Bertz CT molecular complexity index is 1490. The molecule has 0 saturated heterocycles. The zero-order chi connectivity index (χ0) is 28.0. The van der Waals surface area contributed by atoms with Crippen molar-refractivity contribution in [1.29, 1.82) is 0 Å². The topological polar surface area (TPSA) is 61.3 Å². The Kier molecular flexibility index (Phi) is 8.45. The summed E-state index contributed by atoms with van der Waals surface area (Å²) in [5.41, 5.74) is 17.3. The molecule has 40 heavy (non-hydrogen) atoms. The van der Waals surface area contributed by atoms with Crippen LogP contribution in [0.5, 0.6) is 0 Å². The number of hydrogen-bond acceptors (Lipinski definition) is 3. The quantitative estimate of drug-likeness (QED) is 0.111. The van der Waals surface area contributed by atoms with Gasteiger partial charge < -0.3 is 5.73 Å². The minimum absolute atomic E-state index is 0.713. The third-order valence-electron chi connectivity index (χ3n) is 8.03. The molecule has 0 aromatic heterocycles. The van der Waals surface area contributed by atoms with E-state index in [9.17, 15) is 0 Å². The molecule has 0 unspecified atom stereocenters. The van der Waals surface area contributed by atoms with Crippen LogP contribution in [0.1, 0.15) is 63.9 Å². The molecule has 0 bridgehead atoms. The predicted molar refractivity (Wildman–Crippen MR) is 166 cm³/mol. The summed E-state index contributed by atoms with van der Waals surface area (Å²) in [6, 6.07) is 41.8. The second-order valence-electron chi connectivity index (χ2n) is 10.3. The monoisotopic (exact) mass is 526 g/mol. The number of nitrogens with two attached hydrogens (primary N) is 2. The lowest BCUT2D eigenvalue weighted by molar-refractivity contribution is 0.0116. The van der Waals surface area contributed by atoms with Crippen LogP contribution >= 0.6 is 0 Å². The van der Waals surface area contributed by atoms with Gasteiger partial charge in [0.1, 0.15) is 0 Å². The fourth-order valence-corrected chi connectivity index (χ4v) is 6.23. The van der Waals surface area contributed by atoms with Gasteiger partial charge in [0.25, 0.3) is 0 Å². The molecule has 0 aliphatic rings. The summed E-state index contributed by atoms with van der Waals surface area (Å²) in [7, 11) is 0. The number of anilines is 1. The zero-order valence-corrected chi connectivity index (χ0v) is 23.4. The molecule has 0 saturated carbocycles. The maximum atomic E-state index is 7.29. The molecule has 3 nitrogen and oxygen atoms in total. The number of benzene rings is 5. The van der Waals surface area contributed by atoms with Crippen LogP contribution in [0, 0.1) is 0 Å². The minimum Gasteiger partial charge on any atom is -0.398 e. The van der Waals surface area contributed by atoms with Crippen molar-refractivity contribution in [2.75, 3.05) is 5.73 Å². The Morgan fingerprint density at radius 3 is 1.32 bits per heavy atom. The molecular formula is C37H38N2O. The van der Waals surface area contributed by atoms with Crippen molar-refractivity contribution >= 4 is 5.69 Å². The van der Waals surface area contributed by atoms with E-state index in [1.54, 1.807) is 0 Å². The standard InChI is InChI=1S/C37H38N2O/c1-3-31-32(4-2)36(38)35(37(40-39,29-21-13-7-14-22-29)30-23-15-8-16-24-30)34(26-28-19-11-6-12-20-28)33(31)25-27-17-9-5-10-18-27/h5-24H,3-4,25-26,38-39H2,1-2H3. The molecule has 0 heterocycles. The molecule has 202 valence electrons. The van der Waals surface area contributed by atoms with Gasteiger partial charge in [-0.2, -0.15) is 0 Å².